The number of hydrogen-bond donors (Lipinski definition) is 2. The molecule has 2 rings (SSSR count). The minimum absolute atomic E-state index is 0.237. The van der Waals surface area contributed by atoms with E-state index in [9.17, 15) is 29.4 Å². The first-order valence-corrected chi connectivity index (χ1v) is 6.85. The lowest BCUT2D eigenvalue weighted by atomic mass is 9.67. The molecule has 0 heterocycles. The second-order valence-corrected chi connectivity index (χ2v) is 5.38. The lowest BCUT2D eigenvalue weighted by Crippen LogP contribution is -2.40. The quantitative estimate of drug-likeness (QED) is 0.421. The molecule has 22 heavy (non-hydrogen) atoms. The first-order valence-electron chi connectivity index (χ1n) is 6.85. The van der Waals surface area contributed by atoms with Crippen molar-refractivity contribution in [2.24, 2.45) is 21.8 Å². The zero-order valence-electron chi connectivity index (χ0n) is 11.6. The molecule has 4 unspecified atom stereocenters. The molecule has 2 aliphatic carbocycles. The van der Waals surface area contributed by atoms with Crippen LogP contribution in [-0.4, -0.2) is 46.4 Å². The van der Waals surface area contributed by atoms with Crippen molar-refractivity contribution >= 4 is 24.1 Å². The number of carboxylic acids is 2. The Bertz CT molecular complexity index is 573. The maximum absolute atomic E-state index is 11.6. The molecule has 116 valence electrons. The summed E-state index contributed by atoms with van der Waals surface area (Å²) in [5, 5.41) is 18.9. The van der Waals surface area contributed by atoms with Crippen LogP contribution in [0.25, 0.3) is 0 Å². The fourth-order valence-corrected chi connectivity index (χ4v) is 3.03. The fourth-order valence-electron chi connectivity index (χ4n) is 3.03. The molecule has 2 fully saturated rings. The highest BCUT2D eigenvalue weighted by Crippen LogP contribution is 2.43. The Kier molecular flexibility index (Phi) is 4.65. The van der Waals surface area contributed by atoms with E-state index in [0.29, 0.717) is 25.7 Å². The van der Waals surface area contributed by atoms with E-state index in [2.05, 4.69) is 9.98 Å². The van der Waals surface area contributed by atoms with Gasteiger partial charge in [0.2, 0.25) is 12.2 Å². The molecule has 2 aliphatic rings. The van der Waals surface area contributed by atoms with E-state index in [-0.39, 0.29) is 11.1 Å². The highest BCUT2D eigenvalue weighted by molar-refractivity contribution is 6.00. The highest BCUT2D eigenvalue weighted by atomic mass is 16.4. The van der Waals surface area contributed by atoms with Crippen molar-refractivity contribution in [1.82, 2.24) is 0 Å². The van der Waals surface area contributed by atoms with Crippen LogP contribution in [0.3, 0.4) is 0 Å². The van der Waals surface area contributed by atoms with Crippen LogP contribution in [0, 0.1) is 11.8 Å². The average molecular weight is 306 g/mol. The Morgan fingerprint density at radius 1 is 0.773 bits per heavy atom. The van der Waals surface area contributed by atoms with Gasteiger partial charge in [0, 0.05) is 11.8 Å². The van der Waals surface area contributed by atoms with E-state index in [1.165, 1.54) is 12.2 Å². The number of carbonyl (C=O) groups is 2. The van der Waals surface area contributed by atoms with Gasteiger partial charge in [-0.15, -0.1) is 0 Å². The number of nitrogens with zero attached hydrogens (tertiary/aromatic N) is 2. The molecule has 0 aromatic rings. The summed E-state index contributed by atoms with van der Waals surface area (Å²) >= 11 is 0. The van der Waals surface area contributed by atoms with E-state index in [0.717, 1.165) is 0 Å². The van der Waals surface area contributed by atoms with Gasteiger partial charge in [-0.3, -0.25) is 0 Å². The van der Waals surface area contributed by atoms with Crippen LogP contribution in [0.5, 0.6) is 0 Å². The highest BCUT2D eigenvalue weighted by Gasteiger charge is 2.45. The minimum atomic E-state index is -1.34. The molecule has 8 heteroatoms. The number of aliphatic carboxylic acids is 2. The van der Waals surface area contributed by atoms with Gasteiger partial charge in [-0.2, -0.15) is 0 Å². The predicted molar refractivity (Wildman–Crippen MR) is 71.6 cm³/mol. The van der Waals surface area contributed by atoms with Crippen molar-refractivity contribution in [2.45, 2.75) is 37.8 Å². The van der Waals surface area contributed by atoms with Crippen LogP contribution in [0.4, 0.5) is 0 Å². The van der Waals surface area contributed by atoms with Gasteiger partial charge >= 0.3 is 11.9 Å². The maximum Gasteiger partial charge on any atom is 0.332 e. The van der Waals surface area contributed by atoms with Crippen LogP contribution >= 0.6 is 0 Å². The van der Waals surface area contributed by atoms with Crippen molar-refractivity contribution in [1.29, 1.82) is 0 Å². The van der Waals surface area contributed by atoms with Gasteiger partial charge in [-0.1, -0.05) is 0 Å². The van der Waals surface area contributed by atoms with Crippen molar-refractivity contribution < 1.29 is 29.4 Å². The number of aliphatic imine (C=N–C) groups is 2. The van der Waals surface area contributed by atoms with Gasteiger partial charge in [0.05, 0.1) is 23.2 Å². The lowest BCUT2D eigenvalue weighted by molar-refractivity contribution is -0.137. The Labute approximate surface area is 125 Å². The molecule has 0 radical (unpaired) electrons. The van der Waals surface area contributed by atoms with E-state index >= 15 is 0 Å². The summed E-state index contributed by atoms with van der Waals surface area (Å²) in [5.74, 6) is -3.92. The Morgan fingerprint density at radius 3 is 1.32 bits per heavy atom. The Morgan fingerprint density at radius 2 is 1.14 bits per heavy atom. The zero-order chi connectivity index (χ0) is 16.3. The van der Waals surface area contributed by atoms with E-state index in [1.54, 1.807) is 0 Å². The van der Waals surface area contributed by atoms with Gasteiger partial charge in [-0.05, 0) is 25.7 Å². The third-order valence-electron chi connectivity index (χ3n) is 4.41. The first kappa shape index (κ1) is 15.8. The molecule has 2 saturated carbocycles. The molecule has 2 N–H and O–H groups in total. The third kappa shape index (κ3) is 2.74. The number of carboxylic acid groups (broad SMARTS) is 2. The molecule has 0 aromatic carbocycles. The van der Waals surface area contributed by atoms with Crippen molar-refractivity contribution in [3.8, 4) is 0 Å². The summed E-state index contributed by atoms with van der Waals surface area (Å²) in [6, 6.07) is -1.10. The fraction of sp³-hybridized carbons (Fsp3) is 0.571. The molecular weight excluding hydrogens is 292 g/mol. The van der Waals surface area contributed by atoms with Gasteiger partial charge in [0.15, 0.2) is 0 Å². The number of hydrogen-bond acceptors (Lipinski definition) is 6. The predicted octanol–water partition coefficient (Wildman–Crippen LogP) is 0.681. The second kappa shape index (κ2) is 6.47. The lowest BCUT2D eigenvalue weighted by Gasteiger charge is -2.38. The summed E-state index contributed by atoms with van der Waals surface area (Å²) in [4.78, 5) is 50.9. The monoisotopic (exact) mass is 306 g/mol. The molecule has 0 bridgehead atoms. The molecule has 4 atom stereocenters. The Hall–Kier alpha value is -2.56. The SMILES string of the molecule is O=C=NC1CCC1C(C(=O)O)=C(C(=O)O)C1CCC1N=C=O. The third-order valence-corrected chi connectivity index (χ3v) is 4.41. The van der Waals surface area contributed by atoms with Crippen LogP contribution < -0.4 is 0 Å². The Balaban J connectivity index is 2.45. The number of carbonyl (C=O) groups excluding carboxylic acids is 2. The largest absolute Gasteiger partial charge is 0.478 e. The topological polar surface area (TPSA) is 133 Å². The van der Waals surface area contributed by atoms with Crippen molar-refractivity contribution in [3.05, 3.63) is 11.1 Å². The van der Waals surface area contributed by atoms with Gasteiger partial charge in [0.1, 0.15) is 0 Å². The van der Waals surface area contributed by atoms with E-state index < -0.39 is 35.9 Å². The first-order chi connectivity index (χ1) is 10.5. The summed E-state index contributed by atoms with van der Waals surface area (Å²) in [5.41, 5.74) is -0.475. The maximum atomic E-state index is 11.6. The summed E-state index contributed by atoms with van der Waals surface area (Å²) < 4.78 is 0. The van der Waals surface area contributed by atoms with Crippen molar-refractivity contribution in [3.63, 3.8) is 0 Å². The van der Waals surface area contributed by atoms with Crippen LogP contribution in [0.2, 0.25) is 0 Å². The molecule has 0 spiro atoms. The summed E-state index contributed by atoms with van der Waals surface area (Å²) in [6.07, 6.45) is 4.71. The van der Waals surface area contributed by atoms with Gasteiger partial charge in [0.25, 0.3) is 0 Å². The second-order valence-electron chi connectivity index (χ2n) is 5.38. The normalized spacial score (nSPS) is 30.5. The standard InChI is InChI=1S/C14H14N2O6/c17-5-15-9-3-1-7(9)11(13(19)20)12(14(21)22)8-2-4-10(8)16-6-18/h7-10H,1-4H2,(H,19,20)(H,21,22). The molecule has 0 saturated heterocycles. The summed E-state index contributed by atoms with van der Waals surface area (Å²) in [6.45, 7) is 0. The van der Waals surface area contributed by atoms with Gasteiger partial charge in [-0.25, -0.2) is 29.2 Å². The molecular formula is C14H14N2O6. The van der Waals surface area contributed by atoms with Crippen LogP contribution in [0.1, 0.15) is 25.7 Å². The zero-order valence-corrected chi connectivity index (χ0v) is 11.6. The van der Waals surface area contributed by atoms with E-state index in [1.807, 2.05) is 0 Å². The molecule has 0 aliphatic heterocycles. The minimum Gasteiger partial charge on any atom is -0.478 e. The smallest absolute Gasteiger partial charge is 0.332 e. The number of rotatable bonds is 6. The van der Waals surface area contributed by atoms with Gasteiger partial charge < -0.3 is 10.2 Å². The summed E-state index contributed by atoms with van der Waals surface area (Å²) in [7, 11) is 0. The number of isocyanates is 2. The molecule has 8 nitrogen and oxygen atoms in total. The van der Waals surface area contributed by atoms with Crippen molar-refractivity contribution in [2.75, 3.05) is 0 Å². The molecule has 0 aromatic heterocycles. The molecule has 0 amide bonds. The average Bonchev–Trinajstić information content (AvgIpc) is 2.42. The van der Waals surface area contributed by atoms with Crippen LogP contribution in [0.15, 0.2) is 21.1 Å². The van der Waals surface area contributed by atoms with Crippen LogP contribution in [-0.2, 0) is 19.2 Å². The van der Waals surface area contributed by atoms with E-state index in [4.69, 9.17) is 0 Å².